The van der Waals surface area contributed by atoms with Crippen LogP contribution in [-0.4, -0.2) is 15.8 Å². The maximum absolute atomic E-state index is 12.5. The second kappa shape index (κ2) is 7.00. The molecule has 132 valence electrons. The van der Waals surface area contributed by atoms with Crippen molar-refractivity contribution in [3.05, 3.63) is 95.3 Å². The number of rotatable bonds is 4. The highest BCUT2D eigenvalue weighted by Gasteiger charge is 2.09. The Balaban J connectivity index is 1.62. The summed E-state index contributed by atoms with van der Waals surface area (Å²) in [4.78, 5) is 21.3. The van der Waals surface area contributed by atoms with Gasteiger partial charge in [-0.2, -0.15) is 0 Å². The van der Waals surface area contributed by atoms with Crippen LogP contribution in [0.3, 0.4) is 0 Å². The van der Waals surface area contributed by atoms with Crippen molar-refractivity contribution in [1.29, 1.82) is 0 Å². The number of nitrogens with one attached hydrogen (secondary N) is 1. The zero-order valence-corrected chi connectivity index (χ0v) is 15.2. The molecule has 0 amide bonds. The Morgan fingerprint density at radius 3 is 2.22 bits per heavy atom. The standard InChI is InChI=1S/C23H19N3O/c1-15-12-20-21(13-16(15)2)24-14-25-23(20)26-19-10-8-18(9-11-19)22(27)17-6-4-3-5-7-17/h3-14H,1-2H3,(H,24,25,26). The van der Waals surface area contributed by atoms with E-state index in [1.165, 1.54) is 11.1 Å². The van der Waals surface area contributed by atoms with Crippen molar-refractivity contribution < 1.29 is 4.79 Å². The molecule has 0 fully saturated rings. The molecule has 0 saturated heterocycles. The van der Waals surface area contributed by atoms with Crippen LogP contribution in [0.5, 0.6) is 0 Å². The van der Waals surface area contributed by atoms with Gasteiger partial charge in [-0.15, -0.1) is 0 Å². The predicted molar refractivity (Wildman–Crippen MR) is 109 cm³/mol. The number of aryl methyl sites for hydroxylation is 2. The van der Waals surface area contributed by atoms with E-state index >= 15 is 0 Å². The molecule has 4 heteroatoms. The lowest BCUT2D eigenvalue weighted by atomic mass is 10.0. The Hall–Kier alpha value is -3.53. The topological polar surface area (TPSA) is 54.9 Å². The lowest BCUT2D eigenvalue weighted by Crippen LogP contribution is -2.01. The first-order valence-corrected chi connectivity index (χ1v) is 8.80. The highest BCUT2D eigenvalue weighted by atomic mass is 16.1. The first-order valence-electron chi connectivity index (χ1n) is 8.80. The third-order valence-electron chi connectivity index (χ3n) is 4.70. The van der Waals surface area contributed by atoms with Crippen molar-refractivity contribution >= 4 is 28.2 Å². The van der Waals surface area contributed by atoms with Crippen LogP contribution < -0.4 is 5.32 Å². The van der Waals surface area contributed by atoms with Crippen LogP contribution in [0.4, 0.5) is 11.5 Å². The fourth-order valence-electron chi connectivity index (χ4n) is 3.01. The van der Waals surface area contributed by atoms with Gasteiger partial charge in [-0.3, -0.25) is 4.79 Å². The van der Waals surface area contributed by atoms with E-state index in [0.717, 1.165) is 22.4 Å². The fraction of sp³-hybridized carbons (Fsp3) is 0.0870. The van der Waals surface area contributed by atoms with Gasteiger partial charge in [0.15, 0.2) is 5.78 Å². The molecule has 0 unspecified atom stereocenters. The summed E-state index contributed by atoms with van der Waals surface area (Å²) < 4.78 is 0. The van der Waals surface area contributed by atoms with Crippen molar-refractivity contribution in [3.63, 3.8) is 0 Å². The van der Waals surface area contributed by atoms with Crippen LogP contribution in [0.15, 0.2) is 73.1 Å². The van der Waals surface area contributed by atoms with Crippen LogP contribution in [0.25, 0.3) is 10.9 Å². The van der Waals surface area contributed by atoms with Gasteiger partial charge in [-0.05, 0) is 61.4 Å². The summed E-state index contributed by atoms with van der Waals surface area (Å²) in [5, 5.41) is 4.31. The Morgan fingerprint density at radius 2 is 1.48 bits per heavy atom. The highest BCUT2D eigenvalue weighted by Crippen LogP contribution is 2.26. The van der Waals surface area contributed by atoms with Crippen LogP contribution in [0, 0.1) is 13.8 Å². The summed E-state index contributed by atoms with van der Waals surface area (Å²) in [7, 11) is 0. The van der Waals surface area contributed by atoms with Crippen LogP contribution in [-0.2, 0) is 0 Å². The van der Waals surface area contributed by atoms with Gasteiger partial charge in [-0.25, -0.2) is 9.97 Å². The minimum atomic E-state index is 0.0146. The Morgan fingerprint density at radius 1 is 0.815 bits per heavy atom. The number of ketones is 1. The third-order valence-corrected chi connectivity index (χ3v) is 4.70. The highest BCUT2D eigenvalue weighted by molar-refractivity contribution is 6.09. The maximum Gasteiger partial charge on any atom is 0.193 e. The largest absolute Gasteiger partial charge is 0.340 e. The average molecular weight is 353 g/mol. The van der Waals surface area contributed by atoms with Gasteiger partial charge in [0, 0.05) is 22.2 Å². The first-order chi connectivity index (χ1) is 13.1. The zero-order valence-electron chi connectivity index (χ0n) is 15.2. The fourth-order valence-corrected chi connectivity index (χ4v) is 3.01. The smallest absolute Gasteiger partial charge is 0.193 e. The molecule has 0 bridgehead atoms. The molecule has 4 rings (SSSR count). The number of carbonyl (C=O) groups is 1. The van der Waals surface area contributed by atoms with E-state index in [0.29, 0.717) is 11.1 Å². The summed E-state index contributed by atoms with van der Waals surface area (Å²) in [5.41, 5.74) is 5.53. The SMILES string of the molecule is Cc1cc2ncnc(Nc3ccc(C(=O)c4ccccc4)cc3)c2cc1C. The molecule has 0 radical (unpaired) electrons. The minimum absolute atomic E-state index is 0.0146. The van der Waals surface area contributed by atoms with Crippen molar-refractivity contribution in [2.24, 2.45) is 0 Å². The molecule has 4 aromatic rings. The Kier molecular flexibility index (Phi) is 4.38. The van der Waals surface area contributed by atoms with E-state index in [-0.39, 0.29) is 5.78 Å². The van der Waals surface area contributed by atoms with E-state index in [4.69, 9.17) is 0 Å². The van der Waals surface area contributed by atoms with Gasteiger partial charge < -0.3 is 5.32 Å². The van der Waals surface area contributed by atoms with E-state index in [9.17, 15) is 4.79 Å². The molecule has 0 aliphatic heterocycles. The number of hydrogen-bond donors (Lipinski definition) is 1. The van der Waals surface area contributed by atoms with Crippen LogP contribution in [0.1, 0.15) is 27.0 Å². The van der Waals surface area contributed by atoms with Gasteiger partial charge in [0.05, 0.1) is 5.52 Å². The first kappa shape index (κ1) is 16.9. The molecule has 0 aliphatic carbocycles. The summed E-state index contributed by atoms with van der Waals surface area (Å²) in [6.07, 6.45) is 1.56. The van der Waals surface area contributed by atoms with E-state index in [2.05, 4.69) is 41.3 Å². The number of aromatic nitrogens is 2. The van der Waals surface area contributed by atoms with Gasteiger partial charge in [0.2, 0.25) is 0 Å². The number of nitrogens with zero attached hydrogens (tertiary/aromatic N) is 2. The normalized spacial score (nSPS) is 10.7. The Bertz CT molecular complexity index is 1120. The van der Waals surface area contributed by atoms with Crippen LogP contribution in [0.2, 0.25) is 0 Å². The van der Waals surface area contributed by atoms with Gasteiger partial charge in [-0.1, -0.05) is 30.3 Å². The predicted octanol–water partition coefficient (Wildman–Crippen LogP) is 5.22. The lowest BCUT2D eigenvalue weighted by Gasteiger charge is -2.10. The zero-order chi connectivity index (χ0) is 18.8. The molecule has 1 N–H and O–H groups in total. The molecular formula is C23H19N3O. The van der Waals surface area contributed by atoms with Crippen LogP contribution >= 0.6 is 0 Å². The molecule has 1 aromatic heterocycles. The molecule has 0 spiro atoms. The molecule has 1 heterocycles. The second-order valence-corrected chi connectivity index (χ2v) is 6.57. The molecular weight excluding hydrogens is 334 g/mol. The minimum Gasteiger partial charge on any atom is -0.340 e. The molecule has 27 heavy (non-hydrogen) atoms. The molecule has 0 atom stereocenters. The molecule has 3 aromatic carbocycles. The monoisotopic (exact) mass is 353 g/mol. The van der Waals surface area contributed by atoms with Crippen molar-refractivity contribution in [1.82, 2.24) is 9.97 Å². The number of carbonyl (C=O) groups excluding carboxylic acids is 1. The van der Waals surface area contributed by atoms with Crippen molar-refractivity contribution in [2.45, 2.75) is 13.8 Å². The van der Waals surface area contributed by atoms with Crippen molar-refractivity contribution in [3.8, 4) is 0 Å². The van der Waals surface area contributed by atoms with Gasteiger partial charge in [0.1, 0.15) is 12.1 Å². The summed E-state index contributed by atoms with van der Waals surface area (Å²) in [6.45, 7) is 4.15. The summed E-state index contributed by atoms with van der Waals surface area (Å²) in [5.74, 6) is 0.769. The van der Waals surface area contributed by atoms with Crippen molar-refractivity contribution in [2.75, 3.05) is 5.32 Å². The number of anilines is 2. The average Bonchev–Trinajstić information content (AvgIpc) is 2.70. The van der Waals surface area contributed by atoms with Gasteiger partial charge >= 0.3 is 0 Å². The van der Waals surface area contributed by atoms with E-state index in [1.54, 1.807) is 6.33 Å². The molecule has 0 saturated carbocycles. The van der Waals surface area contributed by atoms with Gasteiger partial charge in [0.25, 0.3) is 0 Å². The number of hydrogen-bond acceptors (Lipinski definition) is 4. The quantitative estimate of drug-likeness (QED) is 0.511. The number of benzene rings is 3. The maximum atomic E-state index is 12.5. The molecule has 0 aliphatic rings. The van der Waals surface area contributed by atoms with E-state index < -0.39 is 0 Å². The summed E-state index contributed by atoms with van der Waals surface area (Å²) >= 11 is 0. The molecule has 4 nitrogen and oxygen atoms in total. The Labute approximate surface area is 157 Å². The van der Waals surface area contributed by atoms with E-state index in [1.807, 2.05) is 54.6 Å². The lowest BCUT2D eigenvalue weighted by molar-refractivity contribution is 0.103. The number of fused-ring (bicyclic) bond motifs is 1. The third kappa shape index (κ3) is 3.42. The summed E-state index contributed by atoms with van der Waals surface area (Å²) in [6, 6.07) is 20.9. The second-order valence-electron chi connectivity index (χ2n) is 6.57.